The second-order valence-corrected chi connectivity index (χ2v) is 4.45. The van der Waals surface area contributed by atoms with Crippen molar-refractivity contribution >= 4 is 18.3 Å². The molecular weight excluding hydrogens is 260 g/mol. The highest BCUT2D eigenvalue weighted by molar-refractivity contribution is 5.94. The topological polar surface area (TPSA) is 41.1 Å². The Bertz CT molecular complexity index is 352. The second kappa shape index (κ2) is 10.8. The quantitative estimate of drug-likeness (QED) is 0.721. The minimum absolute atomic E-state index is 0. The molecule has 0 atom stereocenters. The molecule has 108 valence electrons. The van der Waals surface area contributed by atoms with Crippen molar-refractivity contribution in [3.63, 3.8) is 0 Å². The Balaban J connectivity index is 0.00000324. The second-order valence-electron chi connectivity index (χ2n) is 4.45. The number of halogens is 1. The van der Waals surface area contributed by atoms with Crippen LogP contribution in [0.4, 0.5) is 0 Å². The first-order chi connectivity index (χ1) is 8.77. The molecule has 0 aliphatic carbocycles. The van der Waals surface area contributed by atoms with Crippen LogP contribution in [-0.4, -0.2) is 25.5 Å². The van der Waals surface area contributed by atoms with Gasteiger partial charge < -0.3 is 10.6 Å². The Kier molecular flexibility index (Phi) is 10.2. The molecule has 0 bridgehead atoms. The number of amides is 1. The molecule has 0 saturated heterocycles. The molecule has 0 aliphatic heterocycles. The van der Waals surface area contributed by atoms with E-state index in [0.29, 0.717) is 6.54 Å². The van der Waals surface area contributed by atoms with Crippen LogP contribution in [0.5, 0.6) is 0 Å². The van der Waals surface area contributed by atoms with E-state index in [1.54, 1.807) is 0 Å². The molecule has 19 heavy (non-hydrogen) atoms. The molecule has 1 amide bonds. The lowest BCUT2D eigenvalue weighted by Gasteiger charge is -2.06. The molecule has 1 rings (SSSR count). The van der Waals surface area contributed by atoms with Crippen molar-refractivity contribution in [3.05, 3.63) is 35.4 Å². The molecule has 1 aromatic rings. The van der Waals surface area contributed by atoms with E-state index in [9.17, 15) is 4.79 Å². The molecule has 0 aliphatic rings. The van der Waals surface area contributed by atoms with Crippen LogP contribution in [0.1, 0.15) is 42.6 Å². The summed E-state index contributed by atoms with van der Waals surface area (Å²) in [6.07, 6.45) is 3.32. The average Bonchev–Trinajstić information content (AvgIpc) is 2.39. The lowest BCUT2D eigenvalue weighted by Crippen LogP contribution is -2.32. The van der Waals surface area contributed by atoms with Crippen molar-refractivity contribution in [3.8, 4) is 0 Å². The van der Waals surface area contributed by atoms with Crippen molar-refractivity contribution in [1.29, 1.82) is 0 Å². The monoisotopic (exact) mass is 284 g/mol. The van der Waals surface area contributed by atoms with Gasteiger partial charge in [-0.25, -0.2) is 0 Å². The lowest BCUT2D eigenvalue weighted by molar-refractivity contribution is 0.0954. The highest BCUT2D eigenvalue weighted by atomic mass is 35.5. The third-order valence-electron chi connectivity index (χ3n) is 2.77. The number of hydrogen-bond acceptors (Lipinski definition) is 2. The summed E-state index contributed by atoms with van der Waals surface area (Å²) in [5.74, 6) is 0.0105. The van der Waals surface area contributed by atoms with E-state index < -0.39 is 0 Å². The Morgan fingerprint density at radius 1 is 1.00 bits per heavy atom. The summed E-state index contributed by atoms with van der Waals surface area (Å²) in [5.41, 5.74) is 2.03. The molecule has 3 nitrogen and oxygen atoms in total. The lowest BCUT2D eigenvalue weighted by atomic mass is 10.1. The van der Waals surface area contributed by atoms with E-state index in [4.69, 9.17) is 0 Å². The number of carbonyl (C=O) groups excluding carboxylic acids is 1. The van der Waals surface area contributed by atoms with Crippen LogP contribution in [0.25, 0.3) is 0 Å². The molecule has 0 spiro atoms. The molecule has 0 unspecified atom stereocenters. The normalized spacial score (nSPS) is 9.79. The van der Waals surface area contributed by atoms with Gasteiger partial charge in [0.2, 0.25) is 0 Å². The van der Waals surface area contributed by atoms with Gasteiger partial charge in [0.15, 0.2) is 0 Å². The van der Waals surface area contributed by atoms with Crippen LogP contribution in [-0.2, 0) is 6.42 Å². The van der Waals surface area contributed by atoms with Crippen molar-refractivity contribution in [2.75, 3.05) is 19.6 Å². The fourth-order valence-corrected chi connectivity index (χ4v) is 1.78. The van der Waals surface area contributed by atoms with Gasteiger partial charge in [-0.3, -0.25) is 4.79 Å². The van der Waals surface area contributed by atoms with E-state index in [0.717, 1.165) is 37.9 Å². The number of nitrogens with one attached hydrogen (secondary N) is 2. The van der Waals surface area contributed by atoms with Gasteiger partial charge in [-0.2, -0.15) is 0 Å². The van der Waals surface area contributed by atoms with Gasteiger partial charge >= 0.3 is 0 Å². The zero-order chi connectivity index (χ0) is 13.2. The molecule has 0 saturated carbocycles. The summed E-state index contributed by atoms with van der Waals surface area (Å²) in [5, 5.41) is 6.16. The summed E-state index contributed by atoms with van der Waals surface area (Å²) in [7, 11) is 0. The van der Waals surface area contributed by atoms with Crippen LogP contribution in [0.2, 0.25) is 0 Å². The Morgan fingerprint density at radius 2 is 1.68 bits per heavy atom. The van der Waals surface area contributed by atoms with Crippen molar-refractivity contribution < 1.29 is 4.79 Å². The predicted octanol–water partition coefficient (Wildman–Crippen LogP) is 2.79. The maximum absolute atomic E-state index is 11.8. The predicted molar refractivity (Wildman–Crippen MR) is 83.2 cm³/mol. The molecular formula is C15H25ClN2O. The fourth-order valence-electron chi connectivity index (χ4n) is 1.78. The molecule has 0 fully saturated rings. The van der Waals surface area contributed by atoms with Gasteiger partial charge in [0.25, 0.3) is 5.91 Å². The molecule has 1 aromatic carbocycles. The van der Waals surface area contributed by atoms with Gasteiger partial charge in [0, 0.05) is 18.7 Å². The van der Waals surface area contributed by atoms with E-state index in [1.807, 2.05) is 24.3 Å². The maximum Gasteiger partial charge on any atom is 0.251 e. The number of rotatable bonds is 8. The number of benzene rings is 1. The van der Waals surface area contributed by atoms with E-state index in [-0.39, 0.29) is 18.3 Å². The standard InChI is InChI=1S/C15H24N2O.ClH/c1-3-5-13-6-8-14(9-7-13)15(18)17-12-11-16-10-4-2;/h6-9,16H,3-5,10-12H2,1-2H3,(H,17,18);1H. The van der Waals surface area contributed by atoms with Crippen LogP contribution in [0.3, 0.4) is 0 Å². The third kappa shape index (κ3) is 7.19. The molecule has 0 heterocycles. The first-order valence-electron chi connectivity index (χ1n) is 6.85. The first kappa shape index (κ1) is 17.9. The van der Waals surface area contributed by atoms with Gasteiger partial charge in [-0.1, -0.05) is 32.4 Å². The maximum atomic E-state index is 11.8. The van der Waals surface area contributed by atoms with Crippen molar-refractivity contribution in [1.82, 2.24) is 10.6 Å². The van der Waals surface area contributed by atoms with Gasteiger partial charge in [-0.05, 0) is 37.1 Å². The summed E-state index contributed by atoms with van der Waals surface area (Å²) >= 11 is 0. The summed E-state index contributed by atoms with van der Waals surface area (Å²) in [6.45, 7) is 6.79. The highest BCUT2D eigenvalue weighted by Crippen LogP contribution is 2.06. The fraction of sp³-hybridized carbons (Fsp3) is 0.533. The summed E-state index contributed by atoms with van der Waals surface area (Å²) in [6, 6.07) is 7.88. The van der Waals surface area contributed by atoms with Gasteiger partial charge in [0.1, 0.15) is 0 Å². The highest BCUT2D eigenvalue weighted by Gasteiger charge is 2.03. The minimum atomic E-state index is 0. The molecule has 0 radical (unpaired) electrons. The summed E-state index contributed by atoms with van der Waals surface area (Å²) in [4.78, 5) is 11.8. The minimum Gasteiger partial charge on any atom is -0.351 e. The zero-order valence-electron chi connectivity index (χ0n) is 11.9. The van der Waals surface area contributed by atoms with Gasteiger partial charge in [-0.15, -0.1) is 12.4 Å². The Morgan fingerprint density at radius 3 is 2.26 bits per heavy atom. The largest absolute Gasteiger partial charge is 0.351 e. The van der Waals surface area contributed by atoms with Crippen LogP contribution in [0.15, 0.2) is 24.3 Å². The summed E-state index contributed by atoms with van der Waals surface area (Å²) < 4.78 is 0. The number of aryl methyl sites for hydroxylation is 1. The van der Waals surface area contributed by atoms with Gasteiger partial charge in [0.05, 0.1) is 0 Å². The number of carbonyl (C=O) groups is 1. The van der Waals surface area contributed by atoms with Crippen molar-refractivity contribution in [2.45, 2.75) is 33.1 Å². The zero-order valence-corrected chi connectivity index (χ0v) is 12.7. The van der Waals surface area contributed by atoms with E-state index in [2.05, 4.69) is 24.5 Å². The van der Waals surface area contributed by atoms with Crippen LogP contribution >= 0.6 is 12.4 Å². The number of hydrogen-bond donors (Lipinski definition) is 2. The smallest absolute Gasteiger partial charge is 0.251 e. The SMILES string of the molecule is CCCNCCNC(=O)c1ccc(CCC)cc1.Cl. The Hall–Kier alpha value is -1.06. The van der Waals surface area contributed by atoms with Crippen LogP contribution in [0, 0.1) is 0 Å². The Labute approximate surface area is 122 Å². The molecule has 2 N–H and O–H groups in total. The van der Waals surface area contributed by atoms with E-state index in [1.165, 1.54) is 5.56 Å². The van der Waals surface area contributed by atoms with Crippen LogP contribution < -0.4 is 10.6 Å². The average molecular weight is 285 g/mol. The van der Waals surface area contributed by atoms with E-state index >= 15 is 0 Å². The van der Waals surface area contributed by atoms with Crippen molar-refractivity contribution in [2.24, 2.45) is 0 Å². The first-order valence-corrected chi connectivity index (χ1v) is 6.85. The third-order valence-corrected chi connectivity index (χ3v) is 2.77. The molecule has 4 heteroatoms. The molecule has 0 aromatic heterocycles.